The van der Waals surface area contributed by atoms with Crippen LogP contribution >= 0.6 is 0 Å². The summed E-state index contributed by atoms with van der Waals surface area (Å²) in [5, 5.41) is 0. The predicted octanol–water partition coefficient (Wildman–Crippen LogP) is 2.85. The average Bonchev–Trinajstić information content (AvgIpc) is 2.83. The van der Waals surface area contributed by atoms with Crippen LogP contribution in [0.3, 0.4) is 0 Å². The summed E-state index contributed by atoms with van der Waals surface area (Å²) in [5.41, 5.74) is 2.15. The lowest BCUT2D eigenvalue weighted by Crippen LogP contribution is -2.01. The van der Waals surface area contributed by atoms with Gasteiger partial charge in [-0.2, -0.15) is 0 Å². The van der Waals surface area contributed by atoms with E-state index in [-0.39, 0.29) is 0 Å². The van der Waals surface area contributed by atoms with Crippen molar-refractivity contribution in [3.63, 3.8) is 0 Å². The van der Waals surface area contributed by atoms with Gasteiger partial charge in [0.25, 0.3) is 0 Å². The lowest BCUT2D eigenvalue weighted by Gasteiger charge is -2.12. The molecular formula is C14H16O3. The maximum absolute atomic E-state index is 5.58. The Bertz CT molecular complexity index is 385. The molecule has 0 aliphatic carbocycles. The lowest BCUT2D eigenvalue weighted by molar-refractivity contribution is 0.132. The number of hydrogen-bond donors (Lipinski definition) is 0. The van der Waals surface area contributed by atoms with Crippen molar-refractivity contribution < 1.29 is 14.2 Å². The SMILES string of the molecule is C=CCOc1ccc(OCC=C)c2c1COC2. The zero-order valence-corrected chi connectivity index (χ0v) is 9.78. The standard InChI is InChI=1S/C14H16O3/c1-3-7-16-13-5-6-14(17-8-4-2)12-10-15-9-11(12)13/h3-6H,1-2,7-10H2. The molecule has 90 valence electrons. The molecule has 0 aromatic heterocycles. The second-order valence-electron chi connectivity index (χ2n) is 3.71. The van der Waals surface area contributed by atoms with Gasteiger partial charge in [-0.1, -0.05) is 25.3 Å². The summed E-state index contributed by atoms with van der Waals surface area (Å²) < 4.78 is 16.6. The molecule has 0 bridgehead atoms. The Morgan fingerprint density at radius 1 is 1.00 bits per heavy atom. The summed E-state index contributed by atoms with van der Waals surface area (Å²) in [5.74, 6) is 1.70. The Hall–Kier alpha value is -1.74. The van der Waals surface area contributed by atoms with Gasteiger partial charge in [-0.3, -0.25) is 0 Å². The van der Waals surface area contributed by atoms with E-state index < -0.39 is 0 Å². The van der Waals surface area contributed by atoms with Crippen LogP contribution in [0, 0.1) is 0 Å². The molecule has 1 aromatic rings. The van der Waals surface area contributed by atoms with E-state index in [9.17, 15) is 0 Å². The molecule has 0 atom stereocenters. The van der Waals surface area contributed by atoms with E-state index in [1.807, 2.05) is 12.1 Å². The molecule has 0 amide bonds. The topological polar surface area (TPSA) is 27.7 Å². The van der Waals surface area contributed by atoms with Crippen molar-refractivity contribution in [2.45, 2.75) is 13.2 Å². The normalized spacial score (nSPS) is 12.9. The zero-order chi connectivity index (χ0) is 12.1. The summed E-state index contributed by atoms with van der Waals surface area (Å²) in [6.45, 7) is 9.42. The van der Waals surface area contributed by atoms with E-state index in [2.05, 4.69) is 13.2 Å². The van der Waals surface area contributed by atoms with Crippen molar-refractivity contribution >= 4 is 0 Å². The molecule has 1 aromatic carbocycles. The molecule has 0 unspecified atom stereocenters. The van der Waals surface area contributed by atoms with Gasteiger partial charge in [0.05, 0.1) is 13.2 Å². The molecular weight excluding hydrogens is 216 g/mol. The first kappa shape index (κ1) is 11.7. The van der Waals surface area contributed by atoms with Crippen molar-refractivity contribution in [2.24, 2.45) is 0 Å². The van der Waals surface area contributed by atoms with Crippen molar-refractivity contribution in [3.05, 3.63) is 48.6 Å². The van der Waals surface area contributed by atoms with Crippen molar-refractivity contribution in [3.8, 4) is 11.5 Å². The van der Waals surface area contributed by atoms with Crippen LogP contribution in [0.4, 0.5) is 0 Å². The highest BCUT2D eigenvalue weighted by atomic mass is 16.5. The second kappa shape index (κ2) is 5.55. The van der Waals surface area contributed by atoms with Crippen LogP contribution in [-0.4, -0.2) is 13.2 Å². The van der Waals surface area contributed by atoms with Crippen molar-refractivity contribution in [1.29, 1.82) is 0 Å². The van der Waals surface area contributed by atoms with Crippen LogP contribution in [0.25, 0.3) is 0 Å². The van der Waals surface area contributed by atoms with Crippen LogP contribution < -0.4 is 9.47 Å². The van der Waals surface area contributed by atoms with Gasteiger partial charge in [0.1, 0.15) is 24.7 Å². The number of fused-ring (bicyclic) bond motifs is 1. The average molecular weight is 232 g/mol. The van der Waals surface area contributed by atoms with Crippen molar-refractivity contribution in [2.75, 3.05) is 13.2 Å². The molecule has 0 saturated heterocycles. The zero-order valence-electron chi connectivity index (χ0n) is 9.78. The fraction of sp³-hybridized carbons (Fsp3) is 0.286. The summed E-state index contributed by atoms with van der Waals surface area (Å²) in [6.07, 6.45) is 3.45. The second-order valence-corrected chi connectivity index (χ2v) is 3.71. The Morgan fingerprint density at radius 3 is 1.88 bits per heavy atom. The van der Waals surface area contributed by atoms with E-state index in [4.69, 9.17) is 14.2 Å². The fourth-order valence-electron chi connectivity index (χ4n) is 1.79. The Kier molecular flexibility index (Phi) is 3.83. The maximum atomic E-state index is 5.58. The minimum Gasteiger partial charge on any atom is -0.489 e. The van der Waals surface area contributed by atoms with E-state index in [0.717, 1.165) is 22.6 Å². The molecule has 0 N–H and O–H groups in total. The minimum absolute atomic E-state index is 0.499. The van der Waals surface area contributed by atoms with Crippen LogP contribution in [0.1, 0.15) is 11.1 Å². The minimum atomic E-state index is 0.499. The Labute approximate surface area is 101 Å². The number of ether oxygens (including phenoxy) is 3. The summed E-state index contributed by atoms with van der Waals surface area (Å²) >= 11 is 0. The van der Waals surface area contributed by atoms with Crippen molar-refractivity contribution in [1.82, 2.24) is 0 Å². The fourth-order valence-corrected chi connectivity index (χ4v) is 1.79. The summed E-state index contributed by atoms with van der Waals surface area (Å²) in [4.78, 5) is 0. The Balaban J connectivity index is 2.24. The summed E-state index contributed by atoms with van der Waals surface area (Å²) in [6, 6.07) is 3.82. The van der Waals surface area contributed by atoms with Gasteiger partial charge in [0.2, 0.25) is 0 Å². The number of rotatable bonds is 6. The van der Waals surface area contributed by atoms with Crippen LogP contribution in [-0.2, 0) is 18.0 Å². The summed E-state index contributed by atoms with van der Waals surface area (Å²) in [7, 11) is 0. The van der Waals surface area contributed by atoms with Gasteiger partial charge in [-0.05, 0) is 12.1 Å². The highest BCUT2D eigenvalue weighted by molar-refractivity contribution is 5.49. The van der Waals surface area contributed by atoms with Gasteiger partial charge < -0.3 is 14.2 Å². The molecule has 0 radical (unpaired) electrons. The van der Waals surface area contributed by atoms with Gasteiger partial charge in [-0.15, -0.1) is 0 Å². The van der Waals surface area contributed by atoms with Crippen LogP contribution in [0.5, 0.6) is 11.5 Å². The molecule has 1 aliphatic rings. The molecule has 1 aliphatic heterocycles. The third-order valence-electron chi connectivity index (χ3n) is 2.55. The quantitative estimate of drug-likeness (QED) is 0.706. The Morgan fingerprint density at radius 2 is 1.47 bits per heavy atom. The monoisotopic (exact) mass is 232 g/mol. The first-order valence-electron chi connectivity index (χ1n) is 5.56. The first-order valence-corrected chi connectivity index (χ1v) is 5.56. The maximum Gasteiger partial charge on any atom is 0.125 e. The van der Waals surface area contributed by atoms with E-state index >= 15 is 0 Å². The molecule has 17 heavy (non-hydrogen) atoms. The molecule has 3 nitrogen and oxygen atoms in total. The van der Waals surface area contributed by atoms with E-state index in [0.29, 0.717) is 26.4 Å². The molecule has 0 saturated carbocycles. The lowest BCUT2D eigenvalue weighted by atomic mass is 10.1. The molecule has 2 rings (SSSR count). The smallest absolute Gasteiger partial charge is 0.125 e. The number of benzene rings is 1. The predicted molar refractivity (Wildman–Crippen MR) is 66.3 cm³/mol. The molecule has 1 heterocycles. The largest absolute Gasteiger partial charge is 0.489 e. The van der Waals surface area contributed by atoms with Gasteiger partial charge in [-0.25, -0.2) is 0 Å². The highest BCUT2D eigenvalue weighted by Crippen LogP contribution is 2.36. The van der Waals surface area contributed by atoms with Gasteiger partial charge in [0, 0.05) is 11.1 Å². The molecule has 0 fully saturated rings. The first-order chi connectivity index (χ1) is 8.36. The molecule has 3 heteroatoms. The van der Waals surface area contributed by atoms with Crippen LogP contribution in [0.2, 0.25) is 0 Å². The highest BCUT2D eigenvalue weighted by Gasteiger charge is 2.20. The number of hydrogen-bond acceptors (Lipinski definition) is 3. The van der Waals surface area contributed by atoms with Gasteiger partial charge >= 0.3 is 0 Å². The van der Waals surface area contributed by atoms with Crippen LogP contribution in [0.15, 0.2) is 37.4 Å². The van der Waals surface area contributed by atoms with E-state index in [1.54, 1.807) is 12.2 Å². The third kappa shape index (κ3) is 2.50. The van der Waals surface area contributed by atoms with E-state index in [1.165, 1.54) is 0 Å². The van der Waals surface area contributed by atoms with Gasteiger partial charge in [0.15, 0.2) is 0 Å². The third-order valence-corrected chi connectivity index (χ3v) is 2.55. The molecule has 0 spiro atoms.